The maximum Gasteiger partial charge on any atom is 0.234 e. The molecule has 0 aliphatic carbocycles. The van der Waals surface area contributed by atoms with Crippen LogP contribution in [0, 0.1) is 0 Å². The summed E-state index contributed by atoms with van der Waals surface area (Å²) in [6.45, 7) is 0.255. The van der Waals surface area contributed by atoms with Crippen LogP contribution in [0.1, 0.15) is 22.0 Å². The van der Waals surface area contributed by atoms with E-state index in [0.29, 0.717) is 6.42 Å². The molecule has 3 heterocycles. The molecule has 5 rings (SSSR count). The number of thioether (sulfide) groups is 1. The summed E-state index contributed by atoms with van der Waals surface area (Å²) in [5.41, 5.74) is 2.80. The molecule has 3 aromatic rings. The van der Waals surface area contributed by atoms with E-state index >= 15 is 0 Å². The fourth-order valence-electron chi connectivity index (χ4n) is 3.04. The number of hydrogen-bond acceptors (Lipinski definition) is 5. The zero-order valence-corrected chi connectivity index (χ0v) is 12.9. The summed E-state index contributed by atoms with van der Waals surface area (Å²) in [7, 11) is 0. The summed E-state index contributed by atoms with van der Waals surface area (Å²) in [5, 5.41) is 0.798. The molecule has 23 heavy (non-hydrogen) atoms. The summed E-state index contributed by atoms with van der Waals surface area (Å²) in [6, 6.07) is 13.6. The minimum Gasteiger partial charge on any atom is -0.454 e. The SMILES string of the molecule is O=C1CC(c2ccc3c(c2)OCO3)Sc2nc3ccccc3n21. The molecule has 0 bridgehead atoms. The van der Waals surface area contributed by atoms with Crippen LogP contribution in [0.2, 0.25) is 0 Å². The Bertz CT molecular complexity index is 950. The Morgan fingerprint density at radius 1 is 1.13 bits per heavy atom. The van der Waals surface area contributed by atoms with Gasteiger partial charge in [0.2, 0.25) is 12.7 Å². The second kappa shape index (κ2) is 4.76. The fourth-order valence-corrected chi connectivity index (χ4v) is 4.26. The summed E-state index contributed by atoms with van der Waals surface area (Å²) < 4.78 is 12.5. The van der Waals surface area contributed by atoms with Crippen LogP contribution in [0.3, 0.4) is 0 Å². The maximum absolute atomic E-state index is 12.6. The lowest BCUT2D eigenvalue weighted by Crippen LogP contribution is -2.19. The van der Waals surface area contributed by atoms with Gasteiger partial charge in [0, 0.05) is 11.7 Å². The quantitative estimate of drug-likeness (QED) is 0.684. The van der Waals surface area contributed by atoms with E-state index in [-0.39, 0.29) is 18.0 Å². The van der Waals surface area contributed by atoms with Gasteiger partial charge in [-0.3, -0.25) is 9.36 Å². The Hall–Kier alpha value is -2.47. The van der Waals surface area contributed by atoms with Crippen LogP contribution >= 0.6 is 11.8 Å². The zero-order chi connectivity index (χ0) is 15.4. The summed E-state index contributed by atoms with van der Waals surface area (Å²) >= 11 is 1.62. The number of carbonyl (C=O) groups excluding carboxylic acids is 1. The minimum atomic E-state index is 0.0429. The molecule has 2 aliphatic rings. The monoisotopic (exact) mass is 324 g/mol. The van der Waals surface area contributed by atoms with Gasteiger partial charge in [0.25, 0.3) is 0 Å². The van der Waals surface area contributed by atoms with E-state index in [1.54, 1.807) is 16.3 Å². The van der Waals surface area contributed by atoms with Gasteiger partial charge in [0.15, 0.2) is 16.7 Å². The minimum absolute atomic E-state index is 0.0429. The first-order valence-electron chi connectivity index (χ1n) is 7.36. The first-order valence-corrected chi connectivity index (χ1v) is 8.24. The van der Waals surface area contributed by atoms with Crippen LogP contribution in [0.5, 0.6) is 11.5 Å². The molecule has 0 saturated heterocycles. The van der Waals surface area contributed by atoms with Crippen molar-refractivity contribution in [3.63, 3.8) is 0 Å². The van der Waals surface area contributed by atoms with Gasteiger partial charge in [-0.2, -0.15) is 0 Å². The van der Waals surface area contributed by atoms with Gasteiger partial charge in [-0.05, 0) is 29.8 Å². The van der Waals surface area contributed by atoms with Crippen molar-refractivity contribution in [2.24, 2.45) is 0 Å². The predicted octanol–water partition coefficient (Wildman–Crippen LogP) is 3.64. The second-order valence-corrected chi connectivity index (χ2v) is 6.71. The molecule has 114 valence electrons. The van der Waals surface area contributed by atoms with E-state index < -0.39 is 0 Å². The highest BCUT2D eigenvalue weighted by Gasteiger charge is 2.30. The molecule has 2 aliphatic heterocycles. The Kier molecular flexibility index (Phi) is 2.69. The standard InChI is InChI=1S/C17H12N2O3S/c20-16-8-15(10-5-6-13-14(7-10)22-9-21-13)23-17-18-11-3-1-2-4-12(11)19(16)17/h1-7,15H,8-9H2. The number of ether oxygens (including phenoxy) is 2. The topological polar surface area (TPSA) is 53.4 Å². The van der Waals surface area contributed by atoms with Crippen LogP contribution in [0.25, 0.3) is 11.0 Å². The van der Waals surface area contributed by atoms with Gasteiger partial charge in [-0.1, -0.05) is 30.0 Å². The van der Waals surface area contributed by atoms with Crippen LogP contribution in [-0.2, 0) is 0 Å². The number of rotatable bonds is 1. The van der Waals surface area contributed by atoms with Gasteiger partial charge >= 0.3 is 0 Å². The number of hydrogen-bond donors (Lipinski definition) is 0. The summed E-state index contributed by atoms with van der Waals surface area (Å²) in [5.74, 6) is 1.58. The van der Waals surface area contributed by atoms with Crippen molar-refractivity contribution in [3.05, 3.63) is 48.0 Å². The van der Waals surface area contributed by atoms with Crippen molar-refractivity contribution in [1.82, 2.24) is 9.55 Å². The van der Waals surface area contributed by atoms with Crippen molar-refractivity contribution in [2.45, 2.75) is 16.8 Å². The van der Waals surface area contributed by atoms with Crippen LogP contribution < -0.4 is 9.47 Å². The lowest BCUT2D eigenvalue weighted by Gasteiger charge is -2.22. The molecule has 0 amide bonds. The van der Waals surface area contributed by atoms with Crippen molar-refractivity contribution in [3.8, 4) is 11.5 Å². The molecule has 1 atom stereocenters. The van der Waals surface area contributed by atoms with Crippen LogP contribution in [-0.4, -0.2) is 22.3 Å². The molecule has 6 heteroatoms. The third-order valence-electron chi connectivity index (χ3n) is 4.16. The van der Waals surface area contributed by atoms with Gasteiger partial charge < -0.3 is 9.47 Å². The van der Waals surface area contributed by atoms with Crippen molar-refractivity contribution in [2.75, 3.05) is 6.79 Å². The predicted molar refractivity (Wildman–Crippen MR) is 86.1 cm³/mol. The molecule has 2 aromatic carbocycles. The number of fused-ring (bicyclic) bond motifs is 4. The first-order chi connectivity index (χ1) is 11.3. The molecule has 1 unspecified atom stereocenters. The lowest BCUT2D eigenvalue weighted by molar-refractivity contribution is 0.0891. The van der Waals surface area contributed by atoms with Crippen LogP contribution in [0.4, 0.5) is 0 Å². The van der Waals surface area contributed by atoms with Gasteiger partial charge in [-0.25, -0.2) is 4.98 Å². The van der Waals surface area contributed by atoms with Crippen molar-refractivity contribution in [1.29, 1.82) is 0 Å². The zero-order valence-electron chi connectivity index (χ0n) is 12.1. The third-order valence-corrected chi connectivity index (χ3v) is 5.36. The van der Waals surface area contributed by atoms with E-state index in [4.69, 9.17) is 9.47 Å². The van der Waals surface area contributed by atoms with E-state index in [1.165, 1.54) is 0 Å². The molecule has 0 saturated carbocycles. The van der Waals surface area contributed by atoms with Crippen LogP contribution in [0.15, 0.2) is 47.6 Å². The number of aromatic nitrogens is 2. The highest BCUT2D eigenvalue weighted by Crippen LogP contribution is 2.45. The first kappa shape index (κ1) is 13.0. The Labute approximate surface area is 136 Å². The van der Waals surface area contributed by atoms with Crippen molar-refractivity contribution < 1.29 is 14.3 Å². The van der Waals surface area contributed by atoms with Gasteiger partial charge in [-0.15, -0.1) is 0 Å². The van der Waals surface area contributed by atoms with E-state index in [9.17, 15) is 4.79 Å². The van der Waals surface area contributed by atoms with Crippen molar-refractivity contribution >= 4 is 28.7 Å². The number of imidazole rings is 1. The molecule has 0 N–H and O–H groups in total. The smallest absolute Gasteiger partial charge is 0.234 e. The largest absolute Gasteiger partial charge is 0.454 e. The average Bonchev–Trinajstić information content (AvgIpc) is 3.17. The number of carbonyl (C=O) groups is 1. The summed E-state index contributed by atoms with van der Waals surface area (Å²) in [4.78, 5) is 17.2. The maximum atomic E-state index is 12.6. The Morgan fingerprint density at radius 3 is 2.96 bits per heavy atom. The highest BCUT2D eigenvalue weighted by molar-refractivity contribution is 7.99. The Morgan fingerprint density at radius 2 is 2.00 bits per heavy atom. The van der Waals surface area contributed by atoms with E-state index in [2.05, 4.69) is 4.98 Å². The third kappa shape index (κ3) is 1.95. The van der Waals surface area contributed by atoms with Gasteiger partial charge in [0.1, 0.15) is 0 Å². The molecule has 0 spiro atoms. The molecule has 1 aromatic heterocycles. The fraction of sp³-hybridized carbons (Fsp3) is 0.176. The second-order valence-electron chi connectivity index (χ2n) is 5.54. The lowest BCUT2D eigenvalue weighted by atomic mass is 10.1. The molecule has 0 radical (unpaired) electrons. The number of benzene rings is 2. The van der Waals surface area contributed by atoms with E-state index in [0.717, 1.165) is 33.3 Å². The molecular formula is C17H12N2O3S. The molecule has 0 fully saturated rings. The van der Waals surface area contributed by atoms with Gasteiger partial charge in [0.05, 0.1) is 11.0 Å². The Balaban J connectivity index is 1.57. The normalized spacial score (nSPS) is 19.1. The molecular weight excluding hydrogens is 312 g/mol. The number of para-hydroxylation sites is 2. The van der Waals surface area contributed by atoms with E-state index in [1.807, 2.05) is 42.5 Å². The summed E-state index contributed by atoms with van der Waals surface area (Å²) in [6.07, 6.45) is 0.442. The average molecular weight is 324 g/mol. The number of nitrogens with zero attached hydrogens (tertiary/aromatic N) is 2. The highest BCUT2D eigenvalue weighted by atomic mass is 32.2. The molecule has 5 nitrogen and oxygen atoms in total.